The number of nitrogens with two attached hydrogens (primary N) is 4. The third kappa shape index (κ3) is 11.6. The number of rotatable bonds is 9. The van der Waals surface area contributed by atoms with Crippen LogP contribution in [0.15, 0.2) is 67.5 Å². The zero-order chi connectivity index (χ0) is 25.7. The SMILES string of the molecule is CC1(N=C(N)NC(N)=NCCCCCCN=C(N)N=C(N)Nc2ccc(Cl)cc2)C=CC(Cl)=CC1. The third-order valence-corrected chi connectivity index (χ3v) is 5.45. The lowest BCUT2D eigenvalue weighted by Crippen LogP contribution is -2.43. The van der Waals surface area contributed by atoms with E-state index < -0.39 is 5.54 Å². The first-order valence-corrected chi connectivity index (χ1v) is 12.0. The number of halogens is 2. The number of anilines is 1. The van der Waals surface area contributed by atoms with Gasteiger partial charge in [-0.3, -0.25) is 15.3 Å². The zero-order valence-electron chi connectivity index (χ0n) is 19.8. The van der Waals surface area contributed by atoms with Crippen molar-refractivity contribution in [2.45, 2.75) is 44.6 Å². The van der Waals surface area contributed by atoms with E-state index in [2.05, 4.69) is 30.6 Å². The van der Waals surface area contributed by atoms with Crippen LogP contribution in [0.4, 0.5) is 5.69 Å². The number of nitrogens with zero attached hydrogens (tertiary/aromatic N) is 4. The van der Waals surface area contributed by atoms with E-state index in [1.807, 2.05) is 25.2 Å². The number of guanidine groups is 4. The standard InChI is InChI=1S/C23H34Cl2N10/c1-23(12-10-17(25)11-13-23)35-22(29)34-20(27)31-15-5-3-2-4-14-30-19(26)33-21(28)32-18-8-6-16(24)7-9-18/h6-12H,2-5,13-15H2,1H3,(H5,26,28,30,32,33)(H5,27,29,31,34,35). The summed E-state index contributed by atoms with van der Waals surface area (Å²) < 4.78 is 0. The van der Waals surface area contributed by atoms with E-state index in [4.69, 9.17) is 46.1 Å². The van der Waals surface area contributed by atoms with Gasteiger partial charge in [-0.25, -0.2) is 4.99 Å². The second-order valence-electron chi connectivity index (χ2n) is 8.16. The van der Waals surface area contributed by atoms with Crippen LogP contribution in [0.2, 0.25) is 5.02 Å². The molecule has 0 fully saturated rings. The van der Waals surface area contributed by atoms with Gasteiger partial charge in [0.25, 0.3) is 0 Å². The molecule has 1 aromatic rings. The van der Waals surface area contributed by atoms with Crippen LogP contribution >= 0.6 is 23.2 Å². The molecule has 0 bridgehead atoms. The van der Waals surface area contributed by atoms with Gasteiger partial charge < -0.3 is 28.3 Å². The summed E-state index contributed by atoms with van der Waals surface area (Å²) in [7, 11) is 0. The molecular weight excluding hydrogens is 487 g/mol. The van der Waals surface area contributed by atoms with E-state index in [1.165, 1.54) is 0 Å². The number of hydrogen-bond donors (Lipinski definition) is 6. The summed E-state index contributed by atoms with van der Waals surface area (Å²) >= 11 is 11.8. The summed E-state index contributed by atoms with van der Waals surface area (Å²) in [5, 5.41) is 7.08. The average Bonchev–Trinajstić information content (AvgIpc) is 2.79. The molecule has 12 heteroatoms. The molecule has 1 atom stereocenters. The van der Waals surface area contributed by atoms with E-state index >= 15 is 0 Å². The van der Waals surface area contributed by atoms with E-state index in [0.29, 0.717) is 29.6 Å². The smallest absolute Gasteiger partial charge is 0.218 e. The van der Waals surface area contributed by atoms with Crippen LogP contribution in [-0.2, 0) is 0 Å². The van der Waals surface area contributed by atoms with Crippen molar-refractivity contribution in [2.24, 2.45) is 42.9 Å². The fourth-order valence-electron chi connectivity index (χ4n) is 3.09. The topological polar surface area (TPSA) is 178 Å². The Morgan fingerprint density at radius 1 is 0.914 bits per heavy atom. The van der Waals surface area contributed by atoms with Crippen LogP contribution in [0.1, 0.15) is 39.0 Å². The number of hydrogen-bond acceptors (Lipinski definition) is 3. The van der Waals surface area contributed by atoms with Crippen molar-refractivity contribution >= 4 is 52.7 Å². The van der Waals surface area contributed by atoms with Gasteiger partial charge in [0.05, 0.1) is 5.54 Å². The summed E-state index contributed by atoms with van der Waals surface area (Å²) in [6, 6.07) is 7.08. The molecule has 0 saturated carbocycles. The van der Waals surface area contributed by atoms with Crippen molar-refractivity contribution < 1.29 is 0 Å². The molecule has 10 nitrogen and oxygen atoms in total. The molecule has 35 heavy (non-hydrogen) atoms. The average molecular weight is 522 g/mol. The van der Waals surface area contributed by atoms with Crippen LogP contribution in [0.5, 0.6) is 0 Å². The molecule has 0 heterocycles. The molecule has 0 radical (unpaired) electrons. The van der Waals surface area contributed by atoms with Gasteiger partial charge in [0.2, 0.25) is 11.9 Å². The highest BCUT2D eigenvalue weighted by molar-refractivity contribution is 6.31. The maximum absolute atomic E-state index is 5.95. The van der Waals surface area contributed by atoms with E-state index in [9.17, 15) is 0 Å². The molecule has 0 aliphatic heterocycles. The molecule has 190 valence electrons. The minimum absolute atomic E-state index is 0.128. The summed E-state index contributed by atoms with van der Waals surface area (Å²) in [6.07, 6.45) is 10.0. The van der Waals surface area contributed by atoms with Gasteiger partial charge in [-0.05, 0) is 56.5 Å². The molecule has 0 spiro atoms. The lowest BCUT2D eigenvalue weighted by atomic mass is 9.94. The quantitative estimate of drug-likeness (QED) is 0.165. The monoisotopic (exact) mass is 520 g/mol. The first-order valence-electron chi connectivity index (χ1n) is 11.3. The second-order valence-corrected chi connectivity index (χ2v) is 9.03. The summed E-state index contributed by atoms with van der Waals surface area (Å²) in [5.74, 6) is 0.743. The molecule has 0 aromatic heterocycles. The van der Waals surface area contributed by atoms with Crippen molar-refractivity contribution in [3.63, 3.8) is 0 Å². The van der Waals surface area contributed by atoms with Crippen LogP contribution in [0.25, 0.3) is 0 Å². The van der Waals surface area contributed by atoms with Crippen LogP contribution in [0, 0.1) is 0 Å². The Morgan fingerprint density at radius 2 is 1.57 bits per heavy atom. The fourth-order valence-corrected chi connectivity index (χ4v) is 3.36. The van der Waals surface area contributed by atoms with Gasteiger partial charge in [0, 0.05) is 28.8 Å². The highest BCUT2D eigenvalue weighted by Crippen LogP contribution is 2.25. The minimum atomic E-state index is -0.453. The van der Waals surface area contributed by atoms with Crippen molar-refractivity contribution in [3.8, 4) is 0 Å². The van der Waals surface area contributed by atoms with Crippen LogP contribution in [0.3, 0.4) is 0 Å². The number of allylic oxidation sites excluding steroid dienone is 2. The molecule has 2 rings (SSSR count). The summed E-state index contributed by atoms with van der Waals surface area (Å²) in [6.45, 7) is 3.11. The first-order chi connectivity index (χ1) is 16.6. The van der Waals surface area contributed by atoms with Crippen LogP contribution < -0.4 is 33.6 Å². The van der Waals surface area contributed by atoms with Crippen LogP contribution in [-0.4, -0.2) is 42.5 Å². The normalized spacial score (nSPS) is 19.5. The van der Waals surface area contributed by atoms with Crippen molar-refractivity contribution in [1.82, 2.24) is 5.32 Å². The predicted octanol–water partition coefficient (Wildman–Crippen LogP) is 3.00. The van der Waals surface area contributed by atoms with Crippen molar-refractivity contribution in [1.29, 1.82) is 0 Å². The third-order valence-electron chi connectivity index (χ3n) is 4.92. The number of benzene rings is 1. The van der Waals surface area contributed by atoms with Crippen molar-refractivity contribution in [3.05, 3.63) is 52.5 Å². The lowest BCUT2D eigenvalue weighted by Gasteiger charge is -2.23. The van der Waals surface area contributed by atoms with Gasteiger partial charge in [-0.1, -0.05) is 48.2 Å². The Labute approximate surface area is 216 Å². The van der Waals surface area contributed by atoms with Gasteiger partial charge in [0.1, 0.15) is 0 Å². The fraction of sp³-hybridized carbons (Fsp3) is 0.391. The lowest BCUT2D eigenvalue weighted by molar-refractivity contribution is 0.589. The molecule has 0 amide bonds. The number of aliphatic imine (C=N–C) groups is 4. The van der Waals surface area contributed by atoms with E-state index in [1.54, 1.807) is 24.3 Å². The molecule has 1 aliphatic carbocycles. The Hall–Kier alpha value is -3.24. The largest absolute Gasteiger partial charge is 0.370 e. The highest BCUT2D eigenvalue weighted by Gasteiger charge is 2.21. The Morgan fingerprint density at radius 3 is 2.20 bits per heavy atom. The van der Waals surface area contributed by atoms with Gasteiger partial charge in [0.15, 0.2) is 11.9 Å². The van der Waals surface area contributed by atoms with Gasteiger partial charge in [-0.15, -0.1) is 0 Å². The summed E-state index contributed by atoms with van der Waals surface area (Å²) in [4.78, 5) is 17.0. The second kappa shape index (κ2) is 14.2. The van der Waals surface area contributed by atoms with Crippen molar-refractivity contribution in [2.75, 3.05) is 18.4 Å². The van der Waals surface area contributed by atoms with Gasteiger partial charge >= 0.3 is 0 Å². The molecule has 1 aromatic carbocycles. The summed E-state index contributed by atoms with van der Waals surface area (Å²) in [5.41, 5.74) is 23.8. The highest BCUT2D eigenvalue weighted by atomic mass is 35.5. The van der Waals surface area contributed by atoms with E-state index in [-0.39, 0.29) is 23.8 Å². The van der Waals surface area contributed by atoms with Gasteiger partial charge in [-0.2, -0.15) is 4.99 Å². The predicted molar refractivity (Wildman–Crippen MR) is 149 cm³/mol. The number of nitrogens with one attached hydrogen (secondary N) is 2. The minimum Gasteiger partial charge on any atom is -0.370 e. The Bertz CT molecular complexity index is 1010. The van der Waals surface area contributed by atoms with E-state index in [0.717, 1.165) is 31.4 Å². The first kappa shape index (κ1) is 28.0. The number of unbranched alkanes of at least 4 members (excludes halogenated alkanes) is 3. The maximum Gasteiger partial charge on any atom is 0.218 e. The Balaban J connectivity index is 1.61. The Kier molecular flexibility index (Phi) is 11.4. The molecule has 0 saturated heterocycles. The molecular formula is C23H34Cl2N10. The molecule has 10 N–H and O–H groups in total. The molecule has 1 aliphatic rings. The maximum atomic E-state index is 5.95. The zero-order valence-corrected chi connectivity index (χ0v) is 21.4. The molecule has 1 unspecified atom stereocenters.